The third kappa shape index (κ3) is 3.36. The lowest BCUT2D eigenvalue weighted by Gasteiger charge is -2.06. The third-order valence-electron chi connectivity index (χ3n) is 4.18. The van der Waals surface area contributed by atoms with E-state index in [1.165, 1.54) is 15.0 Å². The zero-order chi connectivity index (χ0) is 17.1. The van der Waals surface area contributed by atoms with Gasteiger partial charge in [-0.2, -0.15) is 0 Å². The second kappa shape index (κ2) is 7.21. The molecule has 0 unspecified atom stereocenters. The molecule has 25 heavy (non-hydrogen) atoms. The number of fused-ring (bicyclic) bond motifs is 2. The van der Waals surface area contributed by atoms with Gasteiger partial charge in [-0.1, -0.05) is 18.2 Å². The maximum absolute atomic E-state index is 8.83. The van der Waals surface area contributed by atoms with E-state index in [0.717, 1.165) is 43.0 Å². The molecular weight excluding hydrogens is 332 g/mol. The molecule has 0 bridgehead atoms. The summed E-state index contributed by atoms with van der Waals surface area (Å²) in [5.74, 6) is 0.844. The minimum Gasteiger partial charge on any atom is -0.396 e. The number of unbranched alkanes of at least 4 members (excludes halogenated alkanes) is 2. The van der Waals surface area contributed by atoms with Crippen LogP contribution in [0.2, 0.25) is 0 Å². The van der Waals surface area contributed by atoms with Gasteiger partial charge in [0.2, 0.25) is 0 Å². The fourth-order valence-corrected chi connectivity index (χ4v) is 3.93. The first-order valence-corrected chi connectivity index (χ1v) is 9.35. The first-order valence-electron chi connectivity index (χ1n) is 8.53. The molecule has 3 heterocycles. The number of nitrogens with one attached hydrogen (secondary N) is 1. The van der Waals surface area contributed by atoms with Crippen molar-refractivity contribution in [1.29, 1.82) is 0 Å². The number of nitrogens with zero attached hydrogens (tertiary/aromatic N) is 3. The second-order valence-electron chi connectivity index (χ2n) is 5.99. The molecule has 0 saturated carbocycles. The zero-order valence-electron chi connectivity index (χ0n) is 13.9. The Morgan fingerprint density at radius 3 is 2.88 bits per heavy atom. The predicted octanol–water partition coefficient (Wildman–Crippen LogP) is 4.19. The monoisotopic (exact) mass is 352 g/mol. The van der Waals surface area contributed by atoms with Crippen LogP contribution in [0, 0.1) is 0 Å². The van der Waals surface area contributed by atoms with Gasteiger partial charge < -0.3 is 10.4 Å². The molecule has 0 spiro atoms. The van der Waals surface area contributed by atoms with Crippen molar-refractivity contribution in [2.24, 2.45) is 0 Å². The molecule has 4 rings (SSSR count). The molecule has 0 fully saturated rings. The van der Waals surface area contributed by atoms with E-state index in [0.29, 0.717) is 0 Å². The minimum atomic E-state index is 0.262. The van der Waals surface area contributed by atoms with Gasteiger partial charge in [0.15, 0.2) is 5.65 Å². The summed E-state index contributed by atoms with van der Waals surface area (Å²) in [7, 11) is 0. The third-order valence-corrected chi connectivity index (χ3v) is 5.32. The molecule has 6 heteroatoms. The Morgan fingerprint density at radius 1 is 1.08 bits per heavy atom. The number of hydrogen-bond donors (Lipinski definition) is 2. The van der Waals surface area contributed by atoms with Gasteiger partial charge in [0, 0.05) is 17.9 Å². The Kier molecular flexibility index (Phi) is 4.63. The Labute approximate surface area is 150 Å². The predicted molar refractivity (Wildman–Crippen MR) is 103 cm³/mol. The van der Waals surface area contributed by atoms with E-state index in [9.17, 15) is 0 Å². The lowest BCUT2D eigenvalue weighted by Crippen LogP contribution is -2.06. The summed E-state index contributed by atoms with van der Waals surface area (Å²) in [6.45, 7) is 1.11. The van der Waals surface area contributed by atoms with Crippen LogP contribution in [0.4, 0.5) is 5.82 Å². The Morgan fingerprint density at radius 2 is 2.00 bits per heavy atom. The van der Waals surface area contributed by atoms with Crippen molar-refractivity contribution >= 4 is 32.9 Å². The Hall–Kier alpha value is -2.44. The summed E-state index contributed by atoms with van der Waals surface area (Å²) in [5.41, 5.74) is 1.86. The molecule has 128 valence electrons. The maximum Gasteiger partial charge on any atom is 0.154 e. The van der Waals surface area contributed by atoms with Crippen molar-refractivity contribution in [3.8, 4) is 10.6 Å². The van der Waals surface area contributed by atoms with Crippen molar-refractivity contribution in [1.82, 2.24) is 14.6 Å². The van der Waals surface area contributed by atoms with Crippen LogP contribution in [0.1, 0.15) is 19.3 Å². The number of hydrogen-bond acceptors (Lipinski definition) is 5. The smallest absolute Gasteiger partial charge is 0.154 e. The Bertz CT molecular complexity index is 958. The van der Waals surface area contributed by atoms with Crippen LogP contribution in [0.25, 0.3) is 26.3 Å². The molecule has 4 aromatic rings. The van der Waals surface area contributed by atoms with Gasteiger partial charge in [0.25, 0.3) is 0 Å². The Balaban J connectivity index is 1.60. The first-order chi connectivity index (χ1) is 12.3. The lowest BCUT2D eigenvalue weighted by atomic mass is 10.2. The van der Waals surface area contributed by atoms with Crippen LogP contribution in [0.15, 0.2) is 48.7 Å². The average Bonchev–Trinajstić information content (AvgIpc) is 3.24. The lowest BCUT2D eigenvalue weighted by molar-refractivity contribution is 0.283. The molecule has 2 N–H and O–H groups in total. The van der Waals surface area contributed by atoms with Crippen molar-refractivity contribution in [2.45, 2.75) is 19.3 Å². The molecule has 3 aromatic heterocycles. The molecule has 0 atom stereocenters. The largest absolute Gasteiger partial charge is 0.396 e. The fraction of sp³-hybridized carbons (Fsp3) is 0.263. The quantitative estimate of drug-likeness (QED) is 0.490. The van der Waals surface area contributed by atoms with Crippen LogP contribution < -0.4 is 5.32 Å². The molecular formula is C19H20N4OS. The van der Waals surface area contributed by atoms with Crippen LogP contribution in [-0.4, -0.2) is 32.9 Å². The molecule has 5 nitrogen and oxygen atoms in total. The summed E-state index contributed by atoms with van der Waals surface area (Å²) < 4.78 is 3.17. The molecule has 0 aliphatic rings. The number of imidazole rings is 1. The van der Waals surface area contributed by atoms with Gasteiger partial charge in [0.1, 0.15) is 11.5 Å². The second-order valence-corrected chi connectivity index (χ2v) is 7.08. The van der Waals surface area contributed by atoms with Crippen LogP contribution >= 0.6 is 11.3 Å². The maximum atomic E-state index is 8.83. The van der Waals surface area contributed by atoms with Crippen molar-refractivity contribution in [2.75, 3.05) is 18.5 Å². The van der Waals surface area contributed by atoms with Gasteiger partial charge in [-0.3, -0.25) is 0 Å². The van der Waals surface area contributed by atoms with E-state index >= 15 is 0 Å². The van der Waals surface area contributed by atoms with Gasteiger partial charge in [0.05, 0.1) is 11.1 Å². The normalized spacial score (nSPS) is 11.4. The van der Waals surface area contributed by atoms with Crippen molar-refractivity contribution in [3.63, 3.8) is 0 Å². The number of benzene rings is 1. The summed E-state index contributed by atoms with van der Waals surface area (Å²) in [5, 5.41) is 18.1. The van der Waals surface area contributed by atoms with Crippen LogP contribution in [0.5, 0.6) is 0 Å². The van der Waals surface area contributed by atoms with Gasteiger partial charge in [-0.15, -0.1) is 16.4 Å². The first kappa shape index (κ1) is 16.1. The summed E-state index contributed by atoms with van der Waals surface area (Å²) >= 11 is 1.76. The fourth-order valence-electron chi connectivity index (χ4n) is 2.87. The highest BCUT2D eigenvalue weighted by Crippen LogP contribution is 2.33. The van der Waals surface area contributed by atoms with E-state index in [2.05, 4.69) is 40.6 Å². The number of rotatable bonds is 7. The highest BCUT2D eigenvalue weighted by Gasteiger charge is 2.11. The van der Waals surface area contributed by atoms with E-state index in [1.807, 2.05) is 22.8 Å². The molecule has 0 saturated heterocycles. The summed E-state index contributed by atoms with van der Waals surface area (Å²) in [6.07, 6.45) is 4.78. The number of aliphatic hydroxyl groups is 1. The van der Waals surface area contributed by atoms with E-state index in [4.69, 9.17) is 10.2 Å². The SMILES string of the molecule is OCCCCCNc1ccc2ncc(-c3cc4ccccc4s3)n2n1. The van der Waals surface area contributed by atoms with Crippen LogP contribution in [-0.2, 0) is 0 Å². The van der Waals surface area contributed by atoms with Gasteiger partial charge in [-0.05, 0) is 48.9 Å². The highest BCUT2D eigenvalue weighted by molar-refractivity contribution is 7.22. The minimum absolute atomic E-state index is 0.262. The van der Waals surface area contributed by atoms with E-state index in [1.54, 1.807) is 11.3 Å². The summed E-state index contributed by atoms with van der Waals surface area (Å²) in [4.78, 5) is 5.65. The number of anilines is 1. The van der Waals surface area contributed by atoms with Crippen molar-refractivity contribution < 1.29 is 5.11 Å². The van der Waals surface area contributed by atoms with Gasteiger partial charge in [-0.25, -0.2) is 9.50 Å². The van der Waals surface area contributed by atoms with Crippen molar-refractivity contribution in [3.05, 3.63) is 48.7 Å². The number of thiophene rings is 1. The van der Waals surface area contributed by atoms with Gasteiger partial charge >= 0.3 is 0 Å². The zero-order valence-corrected chi connectivity index (χ0v) is 14.7. The molecule has 0 amide bonds. The average molecular weight is 352 g/mol. The highest BCUT2D eigenvalue weighted by atomic mass is 32.1. The molecule has 0 aliphatic heterocycles. The summed E-state index contributed by atoms with van der Waals surface area (Å²) in [6, 6.07) is 14.5. The number of aliphatic hydroxyl groups excluding tert-OH is 1. The van der Waals surface area contributed by atoms with E-state index < -0.39 is 0 Å². The number of aromatic nitrogens is 3. The standard InChI is InChI=1S/C19H20N4OS/c24-11-5-1-4-10-20-18-8-9-19-21-13-15(23(19)22-18)17-12-14-6-2-3-7-16(14)25-17/h2-3,6-9,12-13,24H,1,4-5,10-11H2,(H,20,22). The van der Waals surface area contributed by atoms with Crippen LogP contribution in [0.3, 0.4) is 0 Å². The molecule has 1 aromatic carbocycles. The topological polar surface area (TPSA) is 62.5 Å². The van der Waals surface area contributed by atoms with E-state index in [-0.39, 0.29) is 6.61 Å². The molecule has 0 aliphatic carbocycles. The molecule has 0 radical (unpaired) electrons.